The quantitative estimate of drug-likeness (QED) is 0.593. The molecule has 7 heteroatoms. The van der Waals surface area contributed by atoms with Crippen LogP contribution in [0.1, 0.15) is 5.56 Å². The molecule has 2 aromatic heterocycles. The fourth-order valence-electron chi connectivity index (χ4n) is 2.29. The van der Waals surface area contributed by atoms with Crippen molar-refractivity contribution in [2.45, 2.75) is 6.92 Å². The van der Waals surface area contributed by atoms with Gasteiger partial charge in [-0.2, -0.15) is 8.75 Å². The molecule has 0 aliphatic rings. The topological polar surface area (TPSA) is 63.6 Å². The third-order valence-corrected chi connectivity index (χ3v) is 4.21. The lowest BCUT2D eigenvalue weighted by molar-refractivity contribution is 1.27. The molecule has 0 bridgehead atoms. The van der Waals surface area contributed by atoms with Crippen LogP contribution in [0.5, 0.6) is 0 Å². The van der Waals surface area contributed by atoms with Gasteiger partial charge in [0, 0.05) is 0 Å². The average Bonchev–Trinajstić information content (AvgIpc) is 2.99. The van der Waals surface area contributed by atoms with Crippen LogP contribution in [0.3, 0.4) is 0 Å². The number of halogens is 1. The molecule has 4 aromatic rings. The number of aromatic nitrogens is 4. The molecule has 0 unspecified atom stereocenters. The Bertz CT molecular complexity index is 998. The van der Waals surface area contributed by atoms with E-state index in [9.17, 15) is 0 Å². The molecule has 2 aromatic carbocycles. The molecular weight excluding hydrogens is 318 g/mol. The van der Waals surface area contributed by atoms with E-state index in [1.165, 1.54) is 11.7 Å². The summed E-state index contributed by atoms with van der Waals surface area (Å²) in [5.74, 6) is 0.518. The third-order valence-electron chi connectivity index (χ3n) is 3.41. The second kappa shape index (κ2) is 5.15. The Morgan fingerprint density at radius 1 is 0.955 bits per heavy atom. The van der Waals surface area contributed by atoms with E-state index in [0.717, 1.165) is 33.3 Å². The van der Waals surface area contributed by atoms with Crippen molar-refractivity contribution in [3.8, 4) is 0 Å². The summed E-state index contributed by atoms with van der Waals surface area (Å²) in [6.07, 6.45) is 0. The first-order valence-corrected chi connectivity index (χ1v) is 7.74. The molecule has 0 fully saturated rings. The zero-order valence-corrected chi connectivity index (χ0v) is 13.1. The van der Waals surface area contributed by atoms with Crippen LogP contribution in [-0.4, -0.2) is 18.7 Å². The van der Waals surface area contributed by atoms with Crippen LogP contribution in [0.15, 0.2) is 36.4 Å². The predicted molar refractivity (Wildman–Crippen MR) is 90.0 cm³/mol. The molecule has 0 saturated carbocycles. The zero-order chi connectivity index (χ0) is 15.1. The Kier molecular flexibility index (Phi) is 3.13. The van der Waals surface area contributed by atoms with Crippen molar-refractivity contribution in [1.82, 2.24) is 18.7 Å². The van der Waals surface area contributed by atoms with Crippen LogP contribution in [0.25, 0.3) is 22.1 Å². The van der Waals surface area contributed by atoms with E-state index in [0.29, 0.717) is 11.0 Å². The van der Waals surface area contributed by atoms with Gasteiger partial charge in [-0.05, 0) is 30.7 Å². The summed E-state index contributed by atoms with van der Waals surface area (Å²) < 4.78 is 8.60. The van der Waals surface area contributed by atoms with Gasteiger partial charge in [0.15, 0.2) is 11.0 Å². The van der Waals surface area contributed by atoms with Crippen molar-refractivity contribution in [2.24, 2.45) is 0 Å². The predicted octanol–water partition coefficient (Wildman–Crippen LogP) is 4.34. The van der Waals surface area contributed by atoms with Crippen LogP contribution >= 0.6 is 23.3 Å². The van der Waals surface area contributed by atoms with Crippen molar-refractivity contribution in [3.05, 3.63) is 47.1 Å². The number of benzene rings is 2. The molecule has 108 valence electrons. The van der Waals surface area contributed by atoms with Crippen molar-refractivity contribution in [2.75, 3.05) is 5.32 Å². The Balaban J connectivity index is 1.87. The van der Waals surface area contributed by atoms with Gasteiger partial charge in [0.05, 0.1) is 28.4 Å². The lowest BCUT2D eigenvalue weighted by Crippen LogP contribution is -2.00. The first-order valence-electron chi connectivity index (χ1n) is 6.63. The number of anilines is 2. The van der Waals surface area contributed by atoms with E-state index in [1.54, 1.807) is 0 Å². The van der Waals surface area contributed by atoms with Gasteiger partial charge in [0.25, 0.3) is 0 Å². The average molecular weight is 328 g/mol. The van der Waals surface area contributed by atoms with Crippen molar-refractivity contribution < 1.29 is 0 Å². The number of nitrogens with one attached hydrogen (secondary N) is 1. The van der Waals surface area contributed by atoms with Gasteiger partial charge in [0.1, 0.15) is 11.0 Å². The molecule has 0 aliphatic carbocycles. The Morgan fingerprint density at radius 2 is 1.73 bits per heavy atom. The van der Waals surface area contributed by atoms with Gasteiger partial charge in [-0.1, -0.05) is 29.8 Å². The molecule has 0 amide bonds. The number of hydrogen-bond acceptors (Lipinski definition) is 6. The number of para-hydroxylation sites is 2. The van der Waals surface area contributed by atoms with Gasteiger partial charge in [0.2, 0.25) is 0 Å². The third kappa shape index (κ3) is 2.17. The highest BCUT2D eigenvalue weighted by atomic mass is 35.5. The number of fused-ring (bicyclic) bond motifs is 2. The van der Waals surface area contributed by atoms with Crippen molar-refractivity contribution in [1.29, 1.82) is 0 Å². The standard InChI is InChI=1S/C15H10ClN5S/c1-8-6-7-11-13(21-22-20-11)12(8)19-15-14(16)17-9-4-2-3-5-10(9)18-15/h2-7H,1H3,(H,18,19). The minimum atomic E-state index is 0.332. The maximum absolute atomic E-state index is 6.26. The Morgan fingerprint density at radius 3 is 2.55 bits per heavy atom. The second-order valence-electron chi connectivity index (χ2n) is 4.87. The van der Waals surface area contributed by atoms with Crippen LogP contribution in [0.2, 0.25) is 5.15 Å². The Hall–Kier alpha value is -2.31. The molecule has 0 radical (unpaired) electrons. The lowest BCUT2D eigenvalue weighted by atomic mass is 10.1. The molecule has 0 atom stereocenters. The molecule has 1 N–H and O–H groups in total. The monoisotopic (exact) mass is 327 g/mol. The molecule has 22 heavy (non-hydrogen) atoms. The van der Waals surface area contributed by atoms with E-state index in [-0.39, 0.29) is 0 Å². The van der Waals surface area contributed by atoms with Crippen LogP contribution in [0.4, 0.5) is 11.5 Å². The summed E-state index contributed by atoms with van der Waals surface area (Å²) in [7, 11) is 0. The van der Waals surface area contributed by atoms with Crippen molar-refractivity contribution >= 4 is 56.9 Å². The molecule has 0 saturated heterocycles. The highest BCUT2D eigenvalue weighted by Crippen LogP contribution is 2.31. The normalized spacial score (nSPS) is 11.2. The van der Waals surface area contributed by atoms with Gasteiger partial charge >= 0.3 is 0 Å². The number of hydrogen-bond donors (Lipinski definition) is 1. The van der Waals surface area contributed by atoms with E-state index < -0.39 is 0 Å². The summed E-state index contributed by atoms with van der Waals surface area (Å²) in [5.41, 5.74) is 5.13. The fraction of sp³-hybridized carbons (Fsp3) is 0.0667. The molecule has 5 nitrogen and oxygen atoms in total. The van der Waals surface area contributed by atoms with Gasteiger partial charge in [-0.15, -0.1) is 0 Å². The minimum Gasteiger partial charge on any atom is -0.336 e. The van der Waals surface area contributed by atoms with Gasteiger partial charge < -0.3 is 5.32 Å². The minimum absolute atomic E-state index is 0.332. The zero-order valence-electron chi connectivity index (χ0n) is 11.5. The highest BCUT2D eigenvalue weighted by Gasteiger charge is 2.12. The largest absolute Gasteiger partial charge is 0.336 e. The number of rotatable bonds is 2. The molecule has 0 spiro atoms. The number of nitrogens with zero attached hydrogens (tertiary/aromatic N) is 4. The maximum Gasteiger partial charge on any atom is 0.172 e. The number of aryl methyl sites for hydroxylation is 1. The fourth-order valence-corrected chi connectivity index (χ4v) is 3.01. The maximum atomic E-state index is 6.26. The van der Waals surface area contributed by atoms with Crippen LogP contribution in [-0.2, 0) is 0 Å². The first-order chi connectivity index (χ1) is 10.7. The summed E-state index contributed by atoms with van der Waals surface area (Å²) in [5, 5.41) is 3.59. The summed E-state index contributed by atoms with van der Waals surface area (Å²) in [6, 6.07) is 11.6. The highest BCUT2D eigenvalue weighted by molar-refractivity contribution is 7.00. The van der Waals surface area contributed by atoms with Gasteiger partial charge in [-0.3, -0.25) is 0 Å². The molecular formula is C15H10ClN5S. The van der Waals surface area contributed by atoms with Crippen molar-refractivity contribution in [3.63, 3.8) is 0 Å². The van der Waals surface area contributed by atoms with E-state index in [2.05, 4.69) is 24.0 Å². The van der Waals surface area contributed by atoms with E-state index >= 15 is 0 Å². The smallest absolute Gasteiger partial charge is 0.172 e. The summed E-state index contributed by atoms with van der Waals surface area (Å²) in [6.45, 7) is 2.00. The second-order valence-corrected chi connectivity index (χ2v) is 5.75. The van der Waals surface area contributed by atoms with Crippen LogP contribution in [0, 0.1) is 6.92 Å². The summed E-state index contributed by atoms with van der Waals surface area (Å²) >= 11 is 7.45. The molecule has 0 aliphatic heterocycles. The first kappa shape index (κ1) is 13.4. The summed E-state index contributed by atoms with van der Waals surface area (Å²) in [4.78, 5) is 8.93. The SMILES string of the molecule is Cc1ccc2nsnc2c1Nc1nc2ccccc2nc1Cl. The van der Waals surface area contributed by atoms with Crippen LogP contribution < -0.4 is 5.32 Å². The molecule has 2 heterocycles. The van der Waals surface area contributed by atoms with Gasteiger partial charge in [-0.25, -0.2) is 9.97 Å². The Labute approximate surface area is 135 Å². The lowest BCUT2D eigenvalue weighted by Gasteiger charge is -2.11. The molecule has 4 rings (SSSR count). The van der Waals surface area contributed by atoms with E-state index in [4.69, 9.17) is 11.6 Å². The van der Waals surface area contributed by atoms with E-state index in [1.807, 2.05) is 43.3 Å².